The predicted octanol–water partition coefficient (Wildman–Crippen LogP) is 0.342. The number of hydrogen-bond donors (Lipinski definition) is 2. The number of carbonyl (C=O) groups is 1. The van der Waals surface area contributed by atoms with Gasteiger partial charge in [0.2, 0.25) is 0 Å². The summed E-state index contributed by atoms with van der Waals surface area (Å²) in [5.41, 5.74) is 5.11. The van der Waals surface area contributed by atoms with Crippen LogP contribution in [0.25, 0.3) is 0 Å². The van der Waals surface area contributed by atoms with Gasteiger partial charge in [-0.05, 0) is 12.8 Å². The van der Waals surface area contributed by atoms with Crippen LogP contribution in [0.5, 0.6) is 0 Å². The Morgan fingerprint density at radius 1 is 1.41 bits per heavy atom. The lowest BCUT2D eigenvalue weighted by Crippen LogP contribution is -2.54. The number of rotatable bonds is 2. The van der Waals surface area contributed by atoms with Gasteiger partial charge >= 0.3 is 0 Å². The van der Waals surface area contributed by atoms with Crippen LogP contribution in [0.1, 0.15) is 26.7 Å². The van der Waals surface area contributed by atoms with E-state index in [9.17, 15) is 10.1 Å². The number of carbonyl (C=O) groups excluding carboxylic acids is 1. The Bertz CT molecular complexity index is 449. The number of hydrazine groups is 1. The van der Waals surface area contributed by atoms with E-state index in [0.717, 1.165) is 0 Å². The molecule has 90 valence electrons. The molecule has 6 heteroatoms. The van der Waals surface area contributed by atoms with Gasteiger partial charge in [0, 0.05) is 5.41 Å². The summed E-state index contributed by atoms with van der Waals surface area (Å²) in [7, 11) is 0. The van der Waals surface area contributed by atoms with Crippen LogP contribution in [0.2, 0.25) is 0 Å². The summed E-state index contributed by atoms with van der Waals surface area (Å²) >= 11 is 0. The van der Waals surface area contributed by atoms with Gasteiger partial charge in [-0.3, -0.25) is 4.79 Å². The zero-order chi connectivity index (χ0) is 13.2. The van der Waals surface area contributed by atoms with Gasteiger partial charge in [-0.2, -0.15) is 10.5 Å². The lowest BCUT2D eigenvalue weighted by atomic mass is 9.65. The predicted molar refractivity (Wildman–Crippen MR) is 60.0 cm³/mol. The Morgan fingerprint density at radius 2 is 1.94 bits per heavy atom. The van der Waals surface area contributed by atoms with Crippen molar-refractivity contribution >= 4 is 5.91 Å². The van der Waals surface area contributed by atoms with E-state index in [-0.39, 0.29) is 11.4 Å². The lowest BCUT2D eigenvalue weighted by molar-refractivity contribution is -0.137. The fraction of sp³-hybridized carbons (Fsp3) is 0.545. The van der Waals surface area contributed by atoms with Gasteiger partial charge in [-0.1, -0.05) is 13.8 Å². The van der Waals surface area contributed by atoms with Crippen LogP contribution in [0, 0.1) is 34.0 Å². The van der Waals surface area contributed by atoms with Crippen molar-refractivity contribution in [2.75, 3.05) is 0 Å². The summed E-state index contributed by atoms with van der Waals surface area (Å²) in [6.07, 6.45) is 0.982. The van der Waals surface area contributed by atoms with Crippen LogP contribution in [0.15, 0.2) is 11.4 Å². The van der Waals surface area contributed by atoms with E-state index >= 15 is 0 Å². The van der Waals surface area contributed by atoms with E-state index in [1.807, 2.05) is 26.0 Å². The molecule has 4 N–H and O–H groups in total. The molecule has 0 radical (unpaired) electrons. The quantitative estimate of drug-likeness (QED) is 0.526. The molecule has 0 aromatic heterocycles. The van der Waals surface area contributed by atoms with Crippen molar-refractivity contribution in [2.24, 2.45) is 22.9 Å². The summed E-state index contributed by atoms with van der Waals surface area (Å²) in [5.74, 6) is 3.93. The summed E-state index contributed by atoms with van der Waals surface area (Å²) < 4.78 is 0. The summed E-state index contributed by atoms with van der Waals surface area (Å²) in [6.45, 7) is 3.66. The Labute approximate surface area is 100 Å². The second-order valence-corrected chi connectivity index (χ2v) is 4.01. The van der Waals surface area contributed by atoms with E-state index < -0.39 is 17.2 Å². The maximum absolute atomic E-state index is 11.9. The first-order valence-corrected chi connectivity index (χ1v) is 5.38. The van der Waals surface area contributed by atoms with Crippen molar-refractivity contribution in [3.05, 3.63) is 11.4 Å². The van der Waals surface area contributed by atoms with Crippen molar-refractivity contribution in [3.8, 4) is 12.1 Å². The molecule has 1 atom stereocenters. The minimum atomic E-state index is -0.954. The lowest BCUT2D eigenvalue weighted by Gasteiger charge is -2.41. The van der Waals surface area contributed by atoms with E-state index in [0.29, 0.717) is 17.9 Å². The van der Waals surface area contributed by atoms with E-state index in [1.54, 1.807) is 0 Å². The smallest absolute Gasteiger partial charge is 0.260 e. The molecular weight excluding hydrogens is 218 g/mol. The first-order chi connectivity index (χ1) is 7.99. The van der Waals surface area contributed by atoms with Crippen molar-refractivity contribution in [2.45, 2.75) is 26.7 Å². The van der Waals surface area contributed by atoms with Crippen LogP contribution in [-0.4, -0.2) is 10.9 Å². The normalized spacial score (nSPS) is 23.2. The van der Waals surface area contributed by atoms with Gasteiger partial charge in [0.25, 0.3) is 5.91 Å². The van der Waals surface area contributed by atoms with Gasteiger partial charge in [0.05, 0.1) is 17.7 Å². The van der Waals surface area contributed by atoms with Gasteiger partial charge in [-0.25, -0.2) is 10.9 Å². The Hall–Kier alpha value is -2.05. The number of nitriles is 2. The number of hydrogen-bond acceptors (Lipinski definition) is 5. The molecule has 0 fully saturated rings. The molecule has 1 aliphatic rings. The van der Waals surface area contributed by atoms with Crippen LogP contribution >= 0.6 is 0 Å². The number of allylic oxidation sites excluding steroid dienone is 1. The molecule has 6 nitrogen and oxygen atoms in total. The molecule has 0 saturated carbocycles. The fourth-order valence-electron chi connectivity index (χ4n) is 2.37. The standard InChI is InChI=1S/C11H15N5O/c1-3-11(4-2)7(5-12)9(14)16(15)10(17)8(11)6-13/h8H,3-4,14-15H2,1-2H3. The average molecular weight is 233 g/mol. The molecule has 1 unspecified atom stereocenters. The second kappa shape index (κ2) is 4.44. The highest BCUT2D eigenvalue weighted by atomic mass is 16.2. The topological polar surface area (TPSA) is 120 Å². The third-order valence-electron chi connectivity index (χ3n) is 3.55. The SMILES string of the molecule is CCC1(CC)C(C#N)=C(N)N(N)C(=O)C1C#N. The molecule has 0 aromatic carbocycles. The minimum Gasteiger partial charge on any atom is -0.383 e. The first-order valence-electron chi connectivity index (χ1n) is 5.38. The minimum absolute atomic E-state index is 0.0484. The first kappa shape index (κ1) is 13.0. The van der Waals surface area contributed by atoms with Crippen molar-refractivity contribution in [1.82, 2.24) is 5.01 Å². The zero-order valence-corrected chi connectivity index (χ0v) is 9.90. The Morgan fingerprint density at radius 3 is 2.29 bits per heavy atom. The van der Waals surface area contributed by atoms with Crippen molar-refractivity contribution < 1.29 is 4.79 Å². The van der Waals surface area contributed by atoms with Gasteiger partial charge in [0.1, 0.15) is 11.7 Å². The van der Waals surface area contributed by atoms with Crippen LogP contribution in [0.3, 0.4) is 0 Å². The molecule has 0 aliphatic carbocycles. The molecule has 0 spiro atoms. The largest absolute Gasteiger partial charge is 0.383 e. The van der Waals surface area contributed by atoms with E-state index in [4.69, 9.17) is 16.8 Å². The van der Waals surface area contributed by atoms with Crippen LogP contribution < -0.4 is 11.6 Å². The van der Waals surface area contributed by atoms with E-state index in [1.165, 1.54) is 0 Å². The summed E-state index contributed by atoms with van der Waals surface area (Å²) in [6, 6.07) is 3.94. The number of nitrogens with two attached hydrogens (primary N) is 2. The highest BCUT2D eigenvalue weighted by Gasteiger charge is 2.50. The average Bonchev–Trinajstić information content (AvgIpc) is 2.35. The Balaban J connectivity index is 3.57. The van der Waals surface area contributed by atoms with Crippen molar-refractivity contribution in [1.29, 1.82) is 10.5 Å². The van der Waals surface area contributed by atoms with E-state index in [2.05, 4.69) is 0 Å². The number of nitrogens with zero attached hydrogens (tertiary/aromatic N) is 3. The van der Waals surface area contributed by atoms with Crippen LogP contribution in [-0.2, 0) is 4.79 Å². The third kappa shape index (κ3) is 1.54. The van der Waals surface area contributed by atoms with Crippen molar-refractivity contribution in [3.63, 3.8) is 0 Å². The fourth-order valence-corrected chi connectivity index (χ4v) is 2.37. The number of amides is 1. The third-order valence-corrected chi connectivity index (χ3v) is 3.55. The summed E-state index contributed by atoms with van der Waals surface area (Å²) in [5, 5.41) is 19.0. The molecule has 0 aromatic rings. The molecule has 1 heterocycles. The van der Waals surface area contributed by atoms with Crippen LogP contribution in [0.4, 0.5) is 0 Å². The maximum atomic E-state index is 11.9. The molecule has 17 heavy (non-hydrogen) atoms. The molecule has 1 amide bonds. The van der Waals surface area contributed by atoms with Gasteiger partial charge in [-0.15, -0.1) is 0 Å². The molecular formula is C11H15N5O. The molecule has 1 rings (SSSR count). The highest BCUT2D eigenvalue weighted by Crippen LogP contribution is 2.46. The molecule has 0 bridgehead atoms. The maximum Gasteiger partial charge on any atom is 0.260 e. The van der Waals surface area contributed by atoms with Gasteiger partial charge < -0.3 is 5.73 Å². The highest BCUT2D eigenvalue weighted by molar-refractivity contribution is 5.86. The monoisotopic (exact) mass is 233 g/mol. The Kier molecular flexibility index (Phi) is 3.40. The van der Waals surface area contributed by atoms with Gasteiger partial charge in [0.15, 0.2) is 0 Å². The second-order valence-electron chi connectivity index (χ2n) is 4.01. The zero-order valence-electron chi connectivity index (χ0n) is 9.90. The summed E-state index contributed by atoms with van der Waals surface area (Å²) in [4.78, 5) is 11.9. The molecule has 1 aliphatic heterocycles. The molecule has 0 saturated heterocycles.